The zero-order valence-corrected chi connectivity index (χ0v) is 39.1. The standard InChI is InChI=1S/C55H58FN3O6Si/c1-6-7-38-66(4,5)65-55(50-49(60)48(56)51(64-50)59-37-36-47(57)58-52(59)61,53(39-20-12-8-13-21-39,40-22-14-9-15-23-40)43-28-32-45(62-2)33-29-43)54(41-24-16-10-17-25-41,42-26-18-11-19-27-42)44-30-34-46(63-3)35-31-44/h8-37,48-51,60H,6-7,38H2,1-5H3,(H2,57,58,61)/t48-,49+,50+,51-/m1/s1. The fourth-order valence-electron chi connectivity index (χ4n) is 10.5. The number of aliphatic hydroxyl groups excluding tert-OH is 1. The van der Waals surface area contributed by atoms with Crippen molar-refractivity contribution in [3.05, 3.63) is 226 Å². The van der Waals surface area contributed by atoms with Gasteiger partial charge in [0.05, 0.1) is 25.0 Å². The van der Waals surface area contributed by atoms with Gasteiger partial charge < -0.3 is 29.5 Å². The minimum atomic E-state index is -3.11. The number of nitrogens with zero attached hydrogens (tertiary/aromatic N) is 2. The van der Waals surface area contributed by atoms with Crippen LogP contribution in [0.3, 0.4) is 0 Å². The van der Waals surface area contributed by atoms with Gasteiger partial charge in [0.25, 0.3) is 0 Å². The van der Waals surface area contributed by atoms with Gasteiger partial charge in [-0.05, 0) is 82.9 Å². The van der Waals surface area contributed by atoms with E-state index in [1.807, 2.05) is 121 Å². The number of aromatic nitrogens is 2. The van der Waals surface area contributed by atoms with E-state index in [-0.39, 0.29) is 5.82 Å². The second-order valence-electron chi connectivity index (χ2n) is 17.5. The second kappa shape index (κ2) is 19.2. The van der Waals surface area contributed by atoms with Crippen LogP contribution >= 0.6 is 0 Å². The van der Waals surface area contributed by atoms with Crippen molar-refractivity contribution in [1.82, 2.24) is 9.55 Å². The number of anilines is 1. The Morgan fingerprint density at radius 2 is 1.06 bits per heavy atom. The van der Waals surface area contributed by atoms with Crippen LogP contribution in [0.15, 0.2) is 187 Å². The van der Waals surface area contributed by atoms with Crippen LogP contribution in [0.4, 0.5) is 10.2 Å². The lowest BCUT2D eigenvalue weighted by molar-refractivity contribution is -0.174. The van der Waals surface area contributed by atoms with Gasteiger partial charge >= 0.3 is 5.69 Å². The Morgan fingerprint density at radius 1 is 0.667 bits per heavy atom. The third kappa shape index (κ3) is 7.83. The third-order valence-corrected chi connectivity index (χ3v) is 15.7. The van der Waals surface area contributed by atoms with Crippen LogP contribution in [0.1, 0.15) is 59.4 Å². The number of aliphatic hydroxyl groups is 1. The van der Waals surface area contributed by atoms with Gasteiger partial charge in [-0.25, -0.2) is 9.18 Å². The molecule has 0 bridgehead atoms. The summed E-state index contributed by atoms with van der Waals surface area (Å²) >= 11 is 0. The van der Waals surface area contributed by atoms with E-state index in [0.717, 1.165) is 50.8 Å². The molecule has 0 aliphatic carbocycles. The normalized spacial score (nSPS) is 17.9. The molecule has 9 nitrogen and oxygen atoms in total. The van der Waals surface area contributed by atoms with Crippen LogP contribution in [0.25, 0.3) is 0 Å². The lowest BCUT2D eigenvalue weighted by Gasteiger charge is -2.65. The Morgan fingerprint density at radius 3 is 1.42 bits per heavy atom. The highest BCUT2D eigenvalue weighted by molar-refractivity contribution is 6.71. The van der Waals surface area contributed by atoms with Gasteiger partial charge in [0.1, 0.15) is 35.1 Å². The smallest absolute Gasteiger partial charge is 0.351 e. The summed E-state index contributed by atoms with van der Waals surface area (Å²) < 4.78 is 46.8. The molecule has 1 aromatic heterocycles. The second-order valence-corrected chi connectivity index (χ2v) is 21.8. The highest BCUT2D eigenvalue weighted by Gasteiger charge is 2.75. The van der Waals surface area contributed by atoms with Crippen molar-refractivity contribution >= 4 is 14.1 Å². The molecule has 0 saturated carbocycles. The molecule has 8 rings (SSSR count). The Labute approximate surface area is 387 Å². The Balaban J connectivity index is 1.71. The number of methoxy groups -OCH3 is 2. The molecule has 1 aliphatic rings. The number of alkyl halides is 1. The van der Waals surface area contributed by atoms with E-state index in [1.165, 1.54) is 12.3 Å². The lowest BCUT2D eigenvalue weighted by atomic mass is 9.44. The molecular formula is C55H58FN3O6Si. The van der Waals surface area contributed by atoms with Crippen molar-refractivity contribution in [2.45, 2.75) is 79.9 Å². The molecule has 1 saturated heterocycles. The summed E-state index contributed by atoms with van der Waals surface area (Å²) in [6.45, 7) is 6.55. The highest BCUT2D eigenvalue weighted by Crippen LogP contribution is 2.66. The number of unbranched alkanes of at least 4 members (excludes halogenated alkanes) is 1. The Bertz CT molecular complexity index is 2510. The van der Waals surface area contributed by atoms with Gasteiger partial charge in [-0.15, -0.1) is 0 Å². The molecule has 340 valence electrons. The van der Waals surface area contributed by atoms with E-state index in [2.05, 4.69) is 73.5 Å². The molecule has 4 atom stereocenters. The average molecular weight is 904 g/mol. The SMILES string of the molecule is CCCC[Si](C)(C)OC([C@H]1O[C@@H](n2ccc(N)nc2=O)[C@H](F)[C@@H]1O)(C(c1ccccc1)(c1ccccc1)c1ccc(OC)cc1)C(c1ccccc1)(c1ccccc1)c1ccc(OC)cc1. The molecule has 0 amide bonds. The first kappa shape index (κ1) is 46.2. The zero-order chi connectivity index (χ0) is 46.5. The van der Waals surface area contributed by atoms with Crippen molar-refractivity contribution in [2.75, 3.05) is 20.0 Å². The monoisotopic (exact) mass is 903 g/mol. The maximum Gasteiger partial charge on any atom is 0.351 e. The molecule has 1 aliphatic heterocycles. The number of benzene rings is 6. The fraction of sp³-hybridized carbons (Fsp3) is 0.273. The molecule has 3 N–H and O–H groups in total. The van der Waals surface area contributed by atoms with Crippen LogP contribution in [0.5, 0.6) is 11.5 Å². The van der Waals surface area contributed by atoms with Crippen molar-refractivity contribution in [3.8, 4) is 11.5 Å². The number of hydrogen-bond acceptors (Lipinski definition) is 8. The van der Waals surface area contributed by atoms with E-state index in [1.54, 1.807) is 14.2 Å². The maximum atomic E-state index is 18.1. The fourth-order valence-corrected chi connectivity index (χ4v) is 13.1. The average Bonchev–Trinajstić information content (AvgIpc) is 3.65. The van der Waals surface area contributed by atoms with E-state index in [0.29, 0.717) is 17.5 Å². The van der Waals surface area contributed by atoms with Gasteiger partial charge in [0, 0.05) is 6.20 Å². The molecule has 0 radical (unpaired) electrons. The maximum absolute atomic E-state index is 18.1. The molecule has 7 aromatic rings. The number of hydrogen-bond donors (Lipinski definition) is 2. The number of nitrogen functional groups attached to an aromatic ring is 1. The lowest BCUT2D eigenvalue weighted by Crippen LogP contribution is -2.76. The summed E-state index contributed by atoms with van der Waals surface area (Å²) in [5.74, 6) is 1.23. The van der Waals surface area contributed by atoms with Gasteiger partial charge in [-0.3, -0.25) is 4.57 Å². The molecular weight excluding hydrogens is 846 g/mol. The Kier molecular flexibility index (Phi) is 13.4. The van der Waals surface area contributed by atoms with E-state index in [9.17, 15) is 9.90 Å². The van der Waals surface area contributed by atoms with Crippen LogP contribution < -0.4 is 20.9 Å². The first-order valence-corrected chi connectivity index (χ1v) is 25.6. The van der Waals surface area contributed by atoms with Crippen LogP contribution in [0, 0.1) is 0 Å². The van der Waals surface area contributed by atoms with Gasteiger partial charge in [0.15, 0.2) is 20.7 Å². The zero-order valence-electron chi connectivity index (χ0n) is 38.1. The molecule has 6 aromatic carbocycles. The number of halogens is 1. The minimum Gasteiger partial charge on any atom is -0.497 e. The Hall–Kier alpha value is -6.37. The summed E-state index contributed by atoms with van der Waals surface area (Å²) in [6.07, 6.45) is -4.13. The largest absolute Gasteiger partial charge is 0.497 e. The van der Waals surface area contributed by atoms with Crippen molar-refractivity contribution < 1.29 is 28.1 Å². The quantitative estimate of drug-likeness (QED) is 0.0685. The van der Waals surface area contributed by atoms with Crippen molar-refractivity contribution in [2.24, 2.45) is 0 Å². The van der Waals surface area contributed by atoms with Crippen molar-refractivity contribution in [1.29, 1.82) is 0 Å². The first-order chi connectivity index (χ1) is 32.0. The van der Waals surface area contributed by atoms with Crippen LogP contribution in [-0.2, 0) is 20.0 Å². The summed E-state index contributed by atoms with van der Waals surface area (Å²) in [5.41, 5.74) is 4.84. The van der Waals surface area contributed by atoms with E-state index in [4.69, 9.17) is 24.4 Å². The highest BCUT2D eigenvalue weighted by atomic mass is 28.4. The van der Waals surface area contributed by atoms with Crippen molar-refractivity contribution in [3.63, 3.8) is 0 Å². The summed E-state index contributed by atoms with van der Waals surface area (Å²) in [5, 5.41) is 13.4. The summed E-state index contributed by atoms with van der Waals surface area (Å²) in [6, 6.07) is 58.4. The molecule has 2 heterocycles. The molecule has 0 spiro atoms. The van der Waals surface area contributed by atoms with Crippen LogP contribution in [-0.4, -0.2) is 61.2 Å². The number of nitrogens with two attached hydrogens (primary N) is 1. The molecule has 0 unspecified atom stereocenters. The molecule has 66 heavy (non-hydrogen) atoms. The molecule has 11 heteroatoms. The van der Waals surface area contributed by atoms with E-state index >= 15 is 4.39 Å². The summed E-state index contributed by atoms with van der Waals surface area (Å²) in [4.78, 5) is 17.8. The van der Waals surface area contributed by atoms with Gasteiger partial charge in [0.2, 0.25) is 0 Å². The first-order valence-electron chi connectivity index (χ1n) is 22.5. The predicted octanol–water partition coefficient (Wildman–Crippen LogP) is 10.3. The summed E-state index contributed by atoms with van der Waals surface area (Å²) in [7, 11) is 0.146. The number of rotatable bonds is 17. The van der Waals surface area contributed by atoms with Crippen LogP contribution in [0.2, 0.25) is 19.1 Å². The number of ether oxygens (including phenoxy) is 3. The molecule has 1 fully saturated rings. The van der Waals surface area contributed by atoms with E-state index < -0.39 is 55.0 Å². The predicted molar refractivity (Wildman–Crippen MR) is 260 cm³/mol. The minimum absolute atomic E-state index is 0.0264. The topological polar surface area (TPSA) is 118 Å². The third-order valence-electron chi connectivity index (χ3n) is 13.3. The van der Waals surface area contributed by atoms with Gasteiger partial charge in [-0.2, -0.15) is 4.98 Å². The van der Waals surface area contributed by atoms with Gasteiger partial charge in [-0.1, -0.05) is 165 Å².